The van der Waals surface area contributed by atoms with Crippen LogP contribution in [0, 0.1) is 11.8 Å². The van der Waals surface area contributed by atoms with Gasteiger partial charge in [0.25, 0.3) is 0 Å². The van der Waals surface area contributed by atoms with Gasteiger partial charge < -0.3 is 10.6 Å². The Bertz CT molecular complexity index is 1170. The van der Waals surface area contributed by atoms with Gasteiger partial charge in [-0.3, -0.25) is 5.10 Å². The first-order valence-corrected chi connectivity index (χ1v) is 11.3. The minimum absolute atomic E-state index is 0.738. The van der Waals surface area contributed by atoms with Crippen molar-refractivity contribution in [2.45, 2.75) is 32.1 Å². The molecule has 0 aliphatic heterocycles. The quantitative estimate of drug-likeness (QED) is 0.443. The predicted octanol–water partition coefficient (Wildman–Crippen LogP) is 4.42. The van der Waals surface area contributed by atoms with Crippen molar-refractivity contribution < 1.29 is 0 Å². The summed E-state index contributed by atoms with van der Waals surface area (Å²) in [6, 6.07) is 6.22. The van der Waals surface area contributed by atoms with E-state index in [0.29, 0.717) is 0 Å². The maximum Gasteiger partial charge on any atom is 0.142 e. The third-order valence-electron chi connectivity index (χ3n) is 6.21. The number of benzene rings is 1. The highest BCUT2D eigenvalue weighted by Crippen LogP contribution is 2.40. The van der Waals surface area contributed by atoms with Crippen LogP contribution < -0.4 is 10.6 Å². The minimum atomic E-state index is 0.738. The summed E-state index contributed by atoms with van der Waals surface area (Å²) in [5, 5.41) is 16.6. The van der Waals surface area contributed by atoms with Crippen molar-refractivity contribution in [1.29, 1.82) is 0 Å². The Balaban J connectivity index is 1.26. The second-order valence-electron chi connectivity index (χ2n) is 8.41. The number of aryl methyl sites for hydroxylation is 1. The van der Waals surface area contributed by atoms with Gasteiger partial charge in [-0.05, 0) is 80.8 Å². The zero-order valence-electron chi connectivity index (χ0n) is 16.2. The van der Waals surface area contributed by atoms with Gasteiger partial charge in [0.2, 0.25) is 0 Å². The highest BCUT2D eigenvalue weighted by Gasteiger charge is 2.26. The molecule has 2 aliphatic rings. The summed E-state index contributed by atoms with van der Waals surface area (Å²) in [4.78, 5) is 11.8. The molecule has 0 radical (unpaired) electrons. The molecule has 1 saturated carbocycles. The van der Waals surface area contributed by atoms with Crippen molar-refractivity contribution in [3.63, 3.8) is 0 Å². The Hall–Kier alpha value is -2.51. The number of aromatic nitrogens is 4. The van der Waals surface area contributed by atoms with Crippen LogP contribution in [0.4, 0.5) is 11.5 Å². The first-order chi connectivity index (χ1) is 14.3. The topological polar surface area (TPSA) is 78.5 Å². The number of thiophene rings is 1. The third kappa shape index (κ3) is 3.38. The number of rotatable bonds is 6. The molecule has 148 valence electrons. The molecule has 0 amide bonds. The molecule has 3 N–H and O–H groups in total. The van der Waals surface area contributed by atoms with Gasteiger partial charge in [0.05, 0.1) is 17.1 Å². The molecule has 1 unspecified atom stereocenters. The van der Waals surface area contributed by atoms with Crippen LogP contribution in [0.2, 0.25) is 0 Å². The maximum atomic E-state index is 4.59. The maximum absolute atomic E-state index is 4.59. The van der Waals surface area contributed by atoms with Crippen molar-refractivity contribution in [2.24, 2.45) is 11.8 Å². The first kappa shape index (κ1) is 17.4. The lowest BCUT2D eigenvalue weighted by Gasteiger charge is -2.23. The number of aromatic amines is 1. The van der Waals surface area contributed by atoms with E-state index in [4.69, 9.17) is 0 Å². The van der Waals surface area contributed by atoms with Gasteiger partial charge in [-0.2, -0.15) is 5.10 Å². The summed E-state index contributed by atoms with van der Waals surface area (Å²) in [6.07, 6.45) is 9.88. The fourth-order valence-electron chi connectivity index (χ4n) is 4.42. The lowest BCUT2D eigenvalue weighted by Crippen LogP contribution is -2.28. The number of hydrogen-bond donors (Lipinski definition) is 3. The second kappa shape index (κ2) is 7.07. The van der Waals surface area contributed by atoms with Crippen LogP contribution >= 0.6 is 11.3 Å². The predicted molar refractivity (Wildman–Crippen MR) is 118 cm³/mol. The summed E-state index contributed by atoms with van der Waals surface area (Å²) in [5.41, 5.74) is 3.52. The zero-order chi connectivity index (χ0) is 19.2. The molecule has 6 rings (SSSR count). The molecule has 1 atom stereocenters. The Labute approximate surface area is 173 Å². The lowest BCUT2D eigenvalue weighted by molar-refractivity contribution is 0.425. The summed E-state index contributed by atoms with van der Waals surface area (Å²) in [6.45, 7) is 2.35. The van der Waals surface area contributed by atoms with Crippen molar-refractivity contribution in [3.8, 4) is 0 Å². The molecule has 3 aromatic heterocycles. The van der Waals surface area contributed by atoms with Gasteiger partial charge in [0.1, 0.15) is 17.0 Å². The van der Waals surface area contributed by atoms with Crippen molar-refractivity contribution in [3.05, 3.63) is 41.2 Å². The van der Waals surface area contributed by atoms with E-state index >= 15 is 0 Å². The van der Waals surface area contributed by atoms with Crippen LogP contribution in [-0.4, -0.2) is 33.3 Å². The molecule has 1 fully saturated rings. The van der Waals surface area contributed by atoms with E-state index in [0.717, 1.165) is 58.5 Å². The van der Waals surface area contributed by atoms with Crippen molar-refractivity contribution in [2.75, 3.05) is 18.4 Å². The Morgan fingerprint density at radius 3 is 2.97 bits per heavy atom. The number of nitrogens with one attached hydrogen (secondary N) is 3. The SMILES string of the molecule is c1nc(Nc2ccc3[nH]ncc3c2)c2c3c(sc2n1)CC(CNCC1CC1)CC3. The van der Waals surface area contributed by atoms with Crippen LogP contribution in [0.3, 0.4) is 0 Å². The number of nitrogens with zero attached hydrogens (tertiary/aromatic N) is 3. The van der Waals surface area contributed by atoms with Gasteiger partial charge in [-0.15, -0.1) is 11.3 Å². The van der Waals surface area contributed by atoms with E-state index in [2.05, 4.69) is 42.9 Å². The zero-order valence-corrected chi connectivity index (χ0v) is 17.1. The number of anilines is 2. The van der Waals surface area contributed by atoms with E-state index < -0.39 is 0 Å². The standard InChI is InChI=1S/C22H24N6S/c1-2-13(1)9-23-10-14-3-5-17-19(7-14)29-22-20(17)21(24-12-25-22)27-16-4-6-18-15(8-16)11-26-28-18/h4,6,8,11-14,23H,1-3,5,7,9-10H2,(H,26,28)(H,24,25,27). The summed E-state index contributed by atoms with van der Waals surface area (Å²) >= 11 is 1.85. The van der Waals surface area contributed by atoms with Gasteiger partial charge in [0, 0.05) is 16.0 Å². The van der Waals surface area contributed by atoms with Crippen molar-refractivity contribution in [1.82, 2.24) is 25.5 Å². The third-order valence-corrected chi connectivity index (χ3v) is 7.38. The molecular formula is C22H24N6S. The Morgan fingerprint density at radius 2 is 2.03 bits per heavy atom. The highest BCUT2D eigenvalue weighted by molar-refractivity contribution is 7.19. The van der Waals surface area contributed by atoms with E-state index in [1.165, 1.54) is 41.6 Å². The van der Waals surface area contributed by atoms with E-state index in [1.54, 1.807) is 6.33 Å². The van der Waals surface area contributed by atoms with E-state index in [-0.39, 0.29) is 0 Å². The molecule has 7 heteroatoms. The van der Waals surface area contributed by atoms with E-state index in [1.807, 2.05) is 23.6 Å². The van der Waals surface area contributed by atoms with Crippen LogP contribution in [0.15, 0.2) is 30.7 Å². The number of hydrogen-bond acceptors (Lipinski definition) is 6. The smallest absolute Gasteiger partial charge is 0.142 e. The summed E-state index contributed by atoms with van der Waals surface area (Å²) < 4.78 is 0. The molecule has 2 aliphatic carbocycles. The molecule has 6 nitrogen and oxygen atoms in total. The number of H-pyrrole nitrogens is 1. The fourth-order valence-corrected chi connectivity index (χ4v) is 5.72. The van der Waals surface area contributed by atoms with Gasteiger partial charge >= 0.3 is 0 Å². The molecule has 4 aromatic rings. The lowest BCUT2D eigenvalue weighted by atomic mass is 9.87. The Kier molecular flexibility index (Phi) is 4.23. The first-order valence-electron chi connectivity index (χ1n) is 10.5. The van der Waals surface area contributed by atoms with Gasteiger partial charge in [-0.25, -0.2) is 9.97 Å². The fraction of sp³-hybridized carbons (Fsp3) is 0.409. The molecule has 3 heterocycles. The normalized spacial score (nSPS) is 19.0. The monoisotopic (exact) mass is 404 g/mol. The van der Waals surface area contributed by atoms with Crippen molar-refractivity contribution >= 4 is 44.0 Å². The van der Waals surface area contributed by atoms with Crippen LogP contribution in [-0.2, 0) is 12.8 Å². The van der Waals surface area contributed by atoms with Gasteiger partial charge in [0.15, 0.2) is 0 Å². The van der Waals surface area contributed by atoms with Crippen LogP contribution in [0.25, 0.3) is 21.1 Å². The van der Waals surface area contributed by atoms with Gasteiger partial charge in [-0.1, -0.05) is 0 Å². The second-order valence-corrected chi connectivity index (χ2v) is 9.50. The molecular weight excluding hydrogens is 380 g/mol. The van der Waals surface area contributed by atoms with E-state index in [9.17, 15) is 0 Å². The largest absolute Gasteiger partial charge is 0.340 e. The molecule has 1 aromatic carbocycles. The molecule has 0 spiro atoms. The highest BCUT2D eigenvalue weighted by atomic mass is 32.1. The number of fused-ring (bicyclic) bond motifs is 4. The molecule has 0 saturated heterocycles. The molecule has 29 heavy (non-hydrogen) atoms. The van der Waals surface area contributed by atoms with Crippen LogP contribution in [0.5, 0.6) is 0 Å². The summed E-state index contributed by atoms with van der Waals surface area (Å²) in [5.74, 6) is 2.60. The molecule has 0 bridgehead atoms. The Morgan fingerprint density at radius 1 is 1.10 bits per heavy atom. The van der Waals surface area contributed by atoms with Crippen LogP contribution in [0.1, 0.15) is 29.7 Å². The summed E-state index contributed by atoms with van der Waals surface area (Å²) in [7, 11) is 0. The average molecular weight is 405 g/mol. The average Bonchev–Trinajstić information content (AvgIpc) is 3.30. The minimum Gasteiger partial charge on any atom is -0.340 e.